The fraction of sp³-hybridized carbons (Fsp3) is 0.462. The van der Waals surface area contributed by atoms with Crippen molar-refractivity contribution in [3.8, 4) is 0 Å². The molecule has 2 fully saturated rings. The molecule has 0 amide bonds. The van der Waals surface area contributed by atoms with Crippen LogP contribution in [-0.2, 0) is 16.1 Å². The number of rotatable bonds is 5. The number of para-hydroxylation sites is 1. The molecule has 4 rings (SSSR count). The maximum atomic E-state index is 11.3. The number of carboxylic acid groups (broad SMARTS) is 2. The highest BCUT2D eigenvalue weighted by Gasteiger charge is 2.32. The Morgan fingerprint density at radius 2 is 1.71 bits per heavy atom. The number of nitrogens with zero attached hydrogens (tertiary/aromatic N) is 2. The minimum atomic E-state index is -0.657. The summed E-state index contributed by atoms with van der Waals surface area (Å²) < 4.78 is 0. The first-order valence-electron chi connectivity index (χ1n) is 11.5. The van der Waals surface area contributed by atoms with Crippen LogP contribution in [0.3, 0.4) is 0 Å². The molecule has 2 aliphatic heterocycles. The molecular weight excluding hydrogens is 475 g/mol. The van der Waals surface area contributed by atoms with Crippen LogP contribution >= 0.6 is 23.2 Å². The van der Waals surface area contributed by atoms with Gasteiger partial charge < -0.3 is 15.1 Å². The summed E-state index contributed by atoms with van der Waals surface area (Å²) in [6.45, 7) is 9.86. The number of hydrogen-bond acceptors (Lipinski definition) is 4. The Balaban J connectivity index is 0.00000103. The van der Waals surface area contributed by atoms with Crippen LogP contribution in [-0.4, -0.2) is 53.2 Å². The lowest BCUT2D eigenvalue weighted by Gasteiger charge is -2.42. The van der Waals surface area contributed by atoms with Crippen LogP contribution in [0.5, 0.6) is 0 Å². The molecule has 2 aliphatic rings. The highest BCUT2D eigenvalue weighted by atomic mass is 35.5. The zero-order chi connectivity index (χ0) is 25.0. The predicted molar refractivity (Wildman–Crippen MR) is 136 cm³/mol. The van der Waals surface area contributed by atoms with Gasteiger partial charge in [0.25, 0.3) is 6.47 Å². The number of aryl methyl sites for hydroxylation is 2. The van der Waals surface area contributed by atoms with E-state index >= 15 is 0 Å². The van der Waals surface area contributed by atoms with Crippen molar-refractivity contribution in [1.82, 2.24) is 4.90 Å². The maximum absolute atomic E-state index is 11.3. The third kappa shape index (κ3) is 5.85. The van der Waals surface area contributed by atoms with Gasteiger partial charge in [-0.15, -0.1) is 0 Å². The zero-order valence-corrected chi connectivity index (χ0v) is 21.3. The lowest BCUT2D eigenvalue weighted by atomic mass is 9.86. The average Bonchev–Trinajstić information content (AvgIpc) is 2.73. The molecule has 2 atom stereocenters. The van der Waals surface area contributed by atoms with Crippen molar-refractivity contribution in [1.29, 1.82) is 0 Å². The van der Waals surface area contributed by atoms with Crippen molar-refractivity contribution < 1.29 is 19.8 Å². The van der Waals surface area contributed by atoms with E-state index in [2.05, 4.69) is 42.7 Å². The second kappa shape index (κ2) is 11.4. The summed E-state index contributed by atoms with van der Waals surface area (Å²) in [5, 5.41) is 17.6. The van der Waals surface area contributed by atoms with E-state index in [1.807, 2.05) is 18.2 Å². The molecule has 2 N–H and O–H groups in total. The van der Waals surface area contributed by atoms with Gasteiger partial charge in [0.15, 0.2) is 0 Å². The molecule has 2 aromatic rings. The number of halogens is 2. The summed E-state index contributed by atoms with van der Waals surface area (Å²) in [5.74, 6) is -0.385. The summed E-state index contributed by atoms with van der Waals surface area (Å²) >= 11 is 12.7. The van der Waals surface area contributed by atoms with E-state index in [-0.39, 0.29) is 18.4 Å². The molecular formula is C26H32Cl2N2O4. The van der Waals surface area contributed by atoms with E-state index in [4.69, 9.17) is 33.1 Å². The van der Waals surface area contributed by atoms with Crippen LogP contribution in [0.2, 0.25) is 10.0 Å². The molecule has 0 radical (unpaired) electrons. The first kappa shape index (κ1) is 26.3. The fourth-order valence-corrected chi connectivity index (χ4v) is 5.69. The third-order valence-corrected chi connectivity index (χ3v) is 7.66. The maximum Gasteiger partial charge on any atom is 0.306 e. The van der Waals surface area contributed by atoms with Gasteiger partial charge in [0, 0.05) is 31.6 Å². The molecule has 2 unspecified atom stereocenters. The molecule has 2 aromatic carbocycles. The first-order valence-corrected chi connectivity index (χ1v) is 12.3. The molecule has 184 valence electrons. The smallest absolute Gasteiger partial charge is 0.306 e. The van der Waals surface area contributed by atoms with Gasteiger partial charge in [-0.25, -0.2) is 0 Å². The van der Waals surface area contributed by atoms with Gasteiger partial charge in [0.1, 0.15) is 0 Å². The summed E-state index contributed by atoms with van der Waals surface area (Å²) in [6, 6.07) is 10.6. The number of piperidine rings is 1. The highest BCUT2D eigenvalue weighted by molar-refractivity contribution is 6.39. The molecule has 2 saturated heterocycles. The van der Waals surface area contributed by atoms with E-state index in [1.54, 1.807) is 0 Å². The highest BCUT2D eigenvalue weighted by Crippen LogP contribution is 2.40. The van der Waals surface area contributed by atoms with Gasteiger partial charge in [-0.1, -0.05) is 41.4 Å². The van der Waals surface area contributed by atoms with Crippen molar-refractivity contribution in [2.45, 2.75) is 52.1 Å². The Morgan fingerprint density at radius 1 is 1.15 bits per heavy atom. The Morgan fingerprint density at radius 3 is 2.21 bits per heavy atom. The third-order valence-electron chi connectivity index (χ3n) is 7.05. The summed E-state index contributed by atoms with van der Waals surface area (Å²) in [4.78, 5) is 24.4. The van der Waals surface area contributed by atoms with Gasteiger partial charge in [-0.05, 0) is 74.5 Å². The van der Waals surface area contributed by atoms with Crippen molar-refractivity contribution in [2.75, 3.05) is 24.5 Å². The van der Waals surface area contributed by atoms with E-state index in [1.165, 1.54) is 22.3 Å². The van der Waals surface area contributed by atoms with E-state index in [0.717, 1.165) is 44.7 Å². The molecule has 0 saturated carbocycles. The quantitative estimate of drug-likeness (QED) is 0.513. The summed E-state index contributed by atoms with van der Waals surface area (Å²) in [6.07, 6.45) is 1.46. The van der Waals surface area contributed by atoms with E-state index < -0.39 is 5.97 Å². The minimum Gasteiger partial charge on any atom is -0.483 e. The number of carbonyl (C=O) groups is 2. The molecule has 0 aliphatic carbocycles. The van der Waals surface area contributed by atoms with Crippen LogP contribution in [0.25, 0.3) is 0 Å². The number of carboxylic acids is 1. The number of hydrogen-bond donors (Lipinski definition) is 2. The summed E-state index contributed by atoms with van der Waals surface area (Å²) in [7, 11) is 0. The SMILES string of the molecule is Cc1cc(C2CN(c3c(Cl)cccc3Cl)C2)cc(C)c1CN1CCC(C(=O)O)CC1C.O=CO. The van der Waals surface area contributed by atoms with Crippen LogP contribution in [0.4, 0.5) is 5.69 Å². The van der Waals surface area contributed by atoms with E-state index in [0.29, 0.717) is 16.0 Å². The zero-order valence-electron chi connectivity index (χ0n) is 19.8. The predicted octanol–water partition coefficient (Wildman–Crippen LogP) is 5.60. The van der Waals surface area contributed by atoms with Gasteiger partial charge >= 0.3 is 5.97 Å². The lowest BCUT2D eigenvalue weighted by molar-refractivity contribution is -0.144. The van der Waals surface area contributed by atoms with Gasteiger partial charge in [-0.2, -0.15) is 0 Å². The number of benzene rings is 2. The molecule has 0 bridgehead atoms. The van der Waals surface area contributed by atoms with Gasteiger partial charge in [-0.3, -0.25) is 14.5 Å². The average molecular weight is 507 g/mol. The topological polar surface area (TPSA) is 81.1 Å². The molecule has 0 spiro atoms. The molecule has 0 aromatic heterocycles. The van der Waals surface area contributed by atoms with E-state index in [9.17, 15) is 9.90 Å². The van der Waals surface area contributed by atoms with Crippen LogP contribution in [0.15, 0.2) is 30.3 Å². The molecule has 34 heavy (non-hydrogen) atoms. The second-order valence-electron chi connectivity index (χ2n) is 9.29. The van der Waals surface area contributed by atoms with Gasteiger partial charge in [0.05, 0.1) is 21.7 Å². The molecule has 2 heterocycles. The second-order valence-corrected chi connectivity index (χ2v) is 10.1. The lowest BCUT2D eigenvalue weighted by Crippen LogP contribution is -2.45. The van der Waals surface area contributed by atoms with Crippen LogP contribution < -0.4 is 4.90 Å². The van der Waals surface area contributed by atoms with Gasteiger partial charge in [0.2, 0.25) is 0 Å². The fourth-order valence-electron chi connectivity index (χ4n) is 5.06. The first-order chi connectivity index (χ1) is 16.2. The Hall–Kier alpha value is -2.28. The van der Waals surface area contributed by atoms with Crippen molar-refractivity contribution in [2.24, 2.45) is 5.92 Å². The van der Waals surface area contributed by atoms with Crippen molar-refractivity contribution in [3.63, 3.8) is 0 Å². The summed E-state index contributed by atoms with van der Waals surface area (Å²) in [5.41, 5.74) is 6.31. The normalized spacial score (nSPS) is 20.8. The standard InChI is InChI=1S/C25H30Cl2N2O2.CH2O2/c1-15-9-19(20-12-29(13-20)24-22(26)5-4-6-23(24)27)10-16(2)21(15)14-28-8-7-18(25(30)31)11-17(28)3;2-1-3/h4-6,9-10,17-18,20H,7-8,11-14H2,1-3H3,(H,30,31);1H,(H,2,3). The Labute approximate surface area is 211 Å². The number of aliphatic carboxylic acids is 1. The van der Waals surface area contributed by atoms with Crippen molar-refractivity contribution in [3.05, 3.63) is 62.6 Å². The van der Waals surface area contributed by atoms with Crippen LogP contribution in [0, 0.1) is 19.8 Å². The molecule has 8 heteroatoms. The monoisotopic (exact) mass is 506 g/mol. The Kier molecular flexibility index (Phi) is 8.85. The Bertz CT molecular complexity index is 996. The van der Waals surface area contributed by atoms with Crippen LogP contribution in [0.1, 0.15) is 47.9 Å². The number of likely N-dealkylation sites (tertiary alicyclic amines) is 1. The number of anilines is 1. The van der Waals surface area contributed by atoms with Crippen molar-refractivity contribution >= 4 is 41.3 Å². The molecule has 6 nitrogen and oxygen atoms in total. The largest absolute Gasteiger partial charge is 0.483 e. The minimum absolute atomic E-state index is 0.205.